The van der Waals surface area contributed by atoms with Crippen molar-refractivity contribution < 1.29 is 0 Å². The minimum absolute atomic E-state index is 0.556. The fraction of sp³-hybridized carbons (Fsp3) is 0.708. The highest BCUT2D eigenvalue weighted by Gasteiger charge is 2.36. The van der Waals surface area contributed by atoms with Crippen molar-refractivity contribution in [1.29, 1.82) is 0 Å². The first-order valence-corrected chi connectivity index (χ1v) is 12.1. The molecule has 4 rings (SSSR count). The van der Waals surface area contributed by atoms with Crippen LogP contribution in [-0.2, 0) is 6.54 Å². The molecule has 3 heterocycles. The van der Waals surface area contributed by atoms with Crippen molar-refractivity contribution in [1.82, 2.24) is 20.4 Å². The number of rotatable bonds is 5. The molecule has 2 atom stereocenters. The minimum Gasteiger partial charge on any atom is -0.356 e. The normalized spacial score (nSPS) is 29.0. The number of hydrogen-bond acceptors (Lipinski definition) is 3. The van der Waals surface area contributed by atoms with E-state index >= 15 is 0 Å². The molecule has 0 amide bonds. The average Bonchev–Trinajstić information content (AvgIpc) is 2.74. The third-order valence-electron chi connectivity index (χ3n) is 7.52. The van der Waals surface area contributed by atoms with Crippen LogP contribution in [0.5, 0.6) is 0 Å². The summed E-state index contributed by atoms with van der Waals surface area (Å²) in [5.74, 6) is 1.70. The molecule has 1 aromatic carbocycles. The Hall–Kier alpha value is -1.30. The highest BCUT2D eigenvalue weighted by molar-refractivity contribution is 6.31. The van der Waals surface area contributed by atoms with Crippen LogP contribution in [0, 0.1) is 5.92 Å². The summed E-state index contributed by atoms with van der Waals surface area (Å²) in [4.78, 5) is 9.66. The Morgan fingerprint density at radius 2 is 1.80 bits per heavy atom. The second-order valence-corrected chi connectivity index (χ2v) is 9.89. The third-order valence-corrected chi connectivity index (χ3v) is 7.89. The van der Waals surface area contributed by atoms with E-state index in [4.69, 9.17) is 11.6 Å². The van der Waals surface area contributed by atoms with Gasteiger partial charge in [0.2, 0.25) is 0 Å². The first-order valence-electron chi connectivity index (χ1n) is 11.8. The molecule has 30 heavy (non-hydrogen) atoms. The molecule has 2 N–H and O–H groups in total. The molecule has 6 heteroatoms. The Kier molecular flexibility index (Phi) is 7.55. The predicted octanol–water partition coefficient (Wildman–Crippen LogP) is 3.73. The summed E-state index contributed by atoms with van der Waals surface area (Å²) in [6.45, 7) is 4.25. The first kappa shape index (κ1) is 21.9. The van der Waals surface area contributed by atoms with Gasteiger partial charge in [0.1, 0.15) is 0 Å². The van der Waals surface area contributed by atoms with E-state index < -0.39 is 0 Å². The molecule has 3 aliphatic rings. The van der Waals surface area contributed by atoms with Gasteiger partial charge in [-0.1, -0.05) is 36.2 Å². The van der Waals surface area contributed by atoms with E-state index in [0.29, 0.717) is 12.0 Å². The number of benzene rings is 1. The molecule has 3 aliphatic heterocycles. The maximum absolute atomic E-state index is 6.33. The van der Waals surface area contributed by atoms with Crippen LogP contribution in [0.2, 0.25) is 5.02 Å². The van der Waals surface area contributed by atoms with E-state index in [9.17, 15) is 0 Å². The highest BCUT2D eigenvalue weighted by Crippen LogP contribution is 2.32. The predicted molar refractivity (Wildman–Crippen MR) is 126 cm³/mol. The van der Waals surface area contributed by atoms with E-state index in [1.54, 1.807) is 0 Å². The highest BCUT2D eigenvalue weighted by atomic mass is 35.5. The number of aliphatic imine (C=N–C) groups is 1. The van der Waals surface area contributed by atoms with Gasteiger partial charge in [-0.05, 0) is 76.2 Å². The molecule has 3 fully saturated rings. The monoisotopic (exact) mass is 431 g/mol. The molecule has 3 saturated heterocycles. The summed E-state index contributed by atoms with van der Waals surface area (Å²) in [6.07, 6.45) is 9.05. The Balaban J connectivity index is 1.19. The van der Waals surface area contributed by atoms with Crippen molar-refractivity contribution >= 4 is 17.6 Å². The van der Waals surface area contributed by atoms with Crippen LogP contribution in [0.4, 0.5) is 0 Å². The molecule has 5 nitrogen and oxygen atoms in total. The molecule has 0 saturated carbocycles. The van der Waals surface area contributed by atoms with Gasteiger partial charge in [-0.2, -0.15) is 0 Å². The largest absolute Gasteiger partial charge is 0.356 e. The zero-order valence-electron chi connectivity index (χ0n) is 18.6. The third kappa shape index (κ3) is 5.49. The minimum atomic E-state index is 0.556. The zero-order chi connectivity index (χ0) is 20.9. The van der Waals surface area contributed by atoms with Crippen molar-refractivity contribution in [3.63, 3.8) is 0 Å². The van der Waals surface area contributed by atoms with Crippen LogP contribution >= 0.6 is 11.6 Å². The summed E-state index contributed by atoms with van der Waals surface area (Å²) in [5.41, 5.74) is 1.24. The Bertz CT molecular complexity index is 701. The van der Waals surface area contributed by atoms with Gasteiger partial charge >= 0.3 is 0 Å². The Morgan fingerprint density at radius 3 is 2.47 bits per heavy atom. The molecule has 0 aliphatic carbocycles. The molecule has 0 aromatic heterocycles. The summed E-state index contributed by atoms with van der Waals surface area (Å²) < 4.78 is 0. The van der Waals surface area contributed by atoms with Crippen LogP contribution in [-0.4, -0.2) is 67.6 Å². The average molecular weight is 432 g/mol. The lowest BCUT2D eigenvalue weighted by Crippen LogP contribution is -2.57. The fourth-order valence-corrected chi connectivity index (χ4v) is 5.77. The van der Waals surface area contributed by atoms with Crippen LogP contribution in [0.25, 0.3) is 0 Å². The van der Waals surface area contributed by atoms with Crippen LogP contribution < -0.4 is 10.6 Å². The van der Waals surface area contributed by atoms with Crippen molar-refractivity contribution in [2.24, 2.45) is 10.9 Å². The standard InChI is InChI=1S/C24H38ClN5/c1-26-24(28-20-14-21-7-5-8-22(15-20)29(21)2)27-16-18-10-12-30(13-11-18)17-19-6-3-4-9-23(19)25/h3-4,6,9,18,20-22H,5,7-8,10-17H2,1-2H3,(H2,26,27,28). The number of halogens is 1. The van der Waals surface area contributed by atoms with Crippen molar-refractivity contribution in [2.75, 3.05) is 33.7 Å². The number of fused-ring (bicyclic) bond motifs is 2. The van der Waals surface area contributed by atoms with E-state index in [2.05, 4.69) is 44.6 Å². The van der Waals surface area contributed by atoms with Gasteiger partial charge in [0, 0.05) is 43.3 Å². The number of piperidine rings is 3. The molecular weight excluding hydrogens is 394 g/mol. The van der Waals surface area contributed by atoms with Crippen LogP contribution in [0.1, 0.15) is 50.5 Å². The molecule has 2 bridgehead atoms. The number of likely N-dealkylation sites (tertiary alicyclic amines) is 1. The topological polar surface area (TPSA) is 42.9 Å². The number of nitrogens with zero attached hydrogens (tertiary/aromatic N) is 3. The first-order chi connectivity index (χ1) is 14.6. The molecule has 2 unspecified atom stereocenters. The molecule has 0 radical (unpaired) electrons. The van der Waals surface area contributed by atoms with Gasteiger partial charge in [-0.3, -0.25) is 9.89 Å². The Morgan fingerprint density at radius 1 is 1.10 bits per heavy atom. The van der Waals surface area contributed by atoms with Crippen LogP contribution in [0.3, 0.4) is 0 Å². The molecular formula is C24H38ClN5. The van der Waals surface area contributed by atoms with Crippen LogP contribution in [0.15, 0.2) is 29.3 Å². The van der Waals surface area contributed by atoms with E-state index in [1.807, 2.05) is 19.2 Å². The maximum atomic E-state index is 6.33. The lowest BCUT2D eigenvalue weighted by Gasteiger charge is -2.47. The summed E-state index contributed by atoms with van der Waals surface area (Å²) in [5, 5.41) is 8.24. The lowest BCUT2D eigenvalue weighted by molar-refractivity contribution is 0.0526. The SMILES string of the molecule is CN=C(NCC1CCN(Cc2ccccc2Cl)CC1)NC1CC2CCCC(C1)N2C. The molecule has 0 spiro atoms. The van der Waals surface area contributed by atoms with E-state index in [-0.39, 0.29) is 0 Å². The molecule has 1 aromatic rings. The summed E-state index contributed by atoms with van der Waals surface area (Å²) in [7, 11) is 4.22. The van der Waals surface area contributed by atoms with Gasteiger partial charge in [0.05, 0.1) is 0 Å². The van der Waals surface area contributed by atoms with Crippen molar-refractivity contribution in [3.8, 4) is 0 Å². The van der Waals surface area contributed by atoms with Gasteiger partial charge in [0.15, 0.2) is 5.96 Å². The van der Waals surface area contributed by atoms with E-state index in [0.717, 1.165) is 49.2 Å². The number of guanidine groups is 1. The lowest BCUT2D eigenvalue weighted by atomic mass is 9.82. The zero-order valence-corrected chi connectivity index (χ0v) is 19.4. The maximum Gasteiger partial charge on any atom is 0.191 e. The van der Waals surface area contributed by atoms with Gasteiger partial charge in [0.25, 0.3) is 0 Å². The Labute approximate surface area is 187 Å². The van der Waals surface area contributed by atoms with Gasteiger partial charge < -0.3 is 15.5 Å². The van der Waals surface area contributed by atoms with Crippen molar-refractivity contribution in [2.45, 2.75) is 69.6 Å². The van der Waals surface area contributed by atoms with E-state index in [1.165, 1.54) is 50.5 Å². The smallest absolute Gasteiger partial charge is 0.191 e. The quantitative estimate of drug-likeness (QED) is 0.550. The summed E-state index contributed by atoms with van der Waals surface area (Å²) >= 11 is 6.33. The summed E-state index contributed by atoms with van der Waals surface area (Å²) in [6, 6.07) is 10.3. The van der Waals surface area contributed by atoms with Gasteiger partial charge in [-0.25, -0.2) is 0 Å². The second-order valence-electron chi connectivity index (χ2n) is 9.48. The fourth-order valence-electron chi connectivity index (χ4n) is 5.58. The molecule has 166 valence electrons. The van der Waals surface area contributed by atoms with Gasteiger partial charge in [-0.15, -0.1) is 0 Å². The number of nitrogens with one attached hydrogen (secondary N) is 2. The number of hydrogen-bond donors (Lipinski definition) is 2. The second kappa shape index (κ2) is 10.3. The van der Waals surface area contributed by atoms with Crippen molar-refractivity contribution in [3.05, 3.63) is 34.9 Å².